The quantitative estimate of drug-likeness (QED) is 0.647. The molecule has 6 heteroatoms. The Kier molecular flexibility index (Phi) is 6.45. The highest BCUT2D eigenvalue weighted by molar-refractivity contribution is 5.94. The number of urea groups is 1. The third kappa shape index (κ3) is 4.58. The summed E-state index contributed by atoms with van der Waals surface area (Å²) in [6.45, 7) is 4.13. The highest BCUT2D eigenvalue weighted by Gasteiger charge is 2.30. The van der Waals surface area contributed by atoms with E-state index in [1.165, 1.54) is 0 Å². The standard InChI is InChI=1S/C22H25N3O3/c1-3-28-21(26)19-15(2)24-22(27)25-18(19)14-23-20(16-10-6-4-7-11-16)17-12-8-5-9-13-17/h4-13,15,20,23H,3,14H2,1-2H3,(H2,24,25,27)/t15-/m1/s1. The van der Waals surface area contributed by atoms with Gasteiger partial charge in [0, 0.05) is 12.2 Å². The number of carbonyl (C=O) groups excluding carboxylic acids is 2. The van der Waals surface area contributed by atoms with Crippen LogP contribution >= 0.6 is 0 Å². The summed E-state index contributed by atoms with van der Waals surface area (Å²) in [6.07, 6.45) is 0. The van der Waals surface area contributed by atoms with E-state index < -0.39 is 12.0 Å². The van der Waals surface area contributed by atoms with E-state index in [2.05, 4.69) is 40.2 Å². The van der Waals surface area contributed by atoms with Crippen molar-refractivity contribution >= 4 is 12.0 Å². The molecule has 0 radical (unpaired) electrons. The fraction of sp³-hybridized carbons (Fsp3) is 0.273. The van der Waals surface area contributed by atoms with Crippen LogP contribution in [-0.2, 0) is 9.53 Å². The van der Waals surface area contributed by atoms with Crippen LogP contribution in [0.25, 0.3) is 0 Å². The Bertz CT molecular complexity index is 810. The zero-order valence-corrected chi connectivity index (χ0v) is 16.1. The molecule has 2 aromatic rings. The van der Waals surface area contributed by atoms with E-state index in [0.29, 0.717) is 17.8 Å². The SMILES string of the molecule is CCOC(=O)C1=C(CNC(c2ccccc2)c2ccccc2)NC(=O)N[C@@H]1C. The molecule has 1 aliphatic heterocycles. The van der Waals surface area contributed by atoms with Crippen LogP contribution in [0.2, 0.25) is 0 Å². The number of carbonyl (C=O) groups is 2. The van der Waals surface area contributed by atoms with Gasteiger partial charge in [0.15, 0.2) is 0 Å². The van der Waals surface area contributed by atoms with Gasteiger partial charge in [0.2, 0.25) is 0 Å². The maximum atomic E-state index is 12.4. The van der Waals surface area contributed by atoms with E-state index in [9.17, 15) is 9.59 Å². The zero-order valence-electron chi connectivity index (χ0n) is 16.1. The number of benzene rings is 2. The molecule has 1 aliphatic rings. The fourth-order valence-corrected chi connectivity index (χ4v) is 3.34. The van der Waals surface area contributed by atoms with E-state index >= 15 is 0 Å². The largest absolute Gasteiger partial charge is 0.463 e. The summed E-state index contributed by atoms with van der Waals surface area (Å²) >= 11 is 0. The van der Waals surface area contributed by atoms with Crippen LogP contribution in [0.4, 0.5) is 4.79 Å². The van der Waals surface area contributed by atoms with Crippen molar-refractivity contribution in [1.29, 1.82) is 0 Å². The summed E-state index contributed by atoms with van der Waals surface area (Å²) in [5, 5.41) is 8.96. The second kappa shape index (κ2) is 9.19. The molecule has 0 saturated heterocycles. The van der Waals surface area contributed by atoms with Crippen LogP contribution < -0.4 is 16.0 Å². The predicted molar refractivity (Wildman–Crippen MR) is 108 cm³/mol. The third-order valence-electron chi connectivity index (χ3n) is 4.61. The molecule has 0 unspecified atom stereocenters. The molecule has 0 bridgehead atoms. The van der Waals surface area contributed by atoms with Crippen LogP contribution in [0.15, 0.2) is 71.9 Å². The number of hydrogen-bond acceptors (Lipinski definition) is 4. The molecule has 3 N–H and O–H groups in total. The lowest BCUT2D eigenvalue weighted by molar-refractivity contribution is -0.139. The van der Waals surface area contributed by atoms with Crippen molar-refractivity contribution in [3.8, 4) is 0 Å². The Morgan fingerprint density at radius 2 is 1.64 bits per heavy atom. The molecule has 146 valence electrons. The van der Waals surface area contributed by atoms with Crippen LogP contribution in [0.5, 0.6) is 0 Å². The minimum atomic E-state index is -0.421. The highest BCUT2D eigenvalue weighted by Crippen LogP contribution is 2.22. The molecule has 1 heterocycles. The number of amides is 2. The first-order valence-corrected chi connectivity index (χ1v) is 9.41. The van der Waals surface area contributed by atoms with E-state index in [1.807, 2.05) is 36.4 Å². The van der Waals surface area contributed by atoms with Gasteiger partial charge in [0.1, 0.15) is 0 Å². The highest BCUT2D eigenvalue weighted by atomic mass is 16.5. The van der Waals surface area contributed by atoms with Crippen LogP contribution in [0.3, 0.4) is 0 Å². The monoisotopic (exact) mass is 379 g/mol. The lowest BCUT2D eigenvalue weighted by atomic mass is 9.98. The second-order valence-electron chi connectivity index (χ2n) is 6.57. The van der Waals surface area contributed by atoms with Gasteiger partial charge in [-0.1, -0.05) is 60.7 Å². The molecular weight excluding hydrogens is 354 g/mol. The summed E-state index contributed by atoms with van der Waals surface area (Å²) in [7, 11) is 0. The molecule has 0 saturated carbocycles. The van der Waals surface area contributed by atoms with E-state index in [0.717, 1.165) is 11.1 Å². The third-order valence-corrected chi connectivity index (χ3v) is 4.61. The smallest absolute Gasteiger partial charge is 0.337 e. The number of nitrogens with one attached hydrogen (secondary N) is 3. The Hall–Kier alpha value is -3.12. The summed E-state index contributed by atoms with van der Waals surface area (Å²) in [5.74, 6) is -0.421. The Morgan fingerprint density at radius 3 is 2.18 bits per heavy atom. The maximum absolute atomic E-state index is 12.4. The first-order chi connectivity index (χ1) is 13.6. The lowest BCUT2D eigenvalue weighted by Gasteiger charge is -2.28. The van der Waals surface area contributed by atoms with Gasteiger partial charge in [-0.05, 0) is 25.0 Å². The first-order valence-electron chi connectivity index (χ1n) is 9.41. The van der Waals surface area contributed by atoms with Gasteiger partial charge in [-0.15, -0.1) is 0 Å². The van der Waals surface area contributed by atoms with Gasteiger partial charge >= 0.3 is 12.0 Å². The van der Waals surface area contributed by atoms with Gasteiger partial charge in [-0.2, -0.15) is 0 Å². The minimum absolute atomic E-state index is 0.0829. The van der Waals surface area contributed by atoms with Crippen molar-refractivity contribution in [3.63, 3.8) is 0 Å². The van der Waals surface area contributed by atoms with Gasteiger partial charge < -0.3 is 20.7 Å². The van der Waals surface area contributed by atoms with Crippen molar-refractivity contribution in [1.82, 2.24) is 16.0 Å². The Balaban J connectivity index is 1.89. The average Bonchev–Trinajstić information content (AvgIpc) is 2.69. The molecule has 0 spiro atoms. The van der Waals surface area contributed by atoms with Gasteiger partial charge in [0.05, 0.1) is 24.3 Å². The molecule has 0 aromatic heterocycles. The van der Waals surface area contributed by atoms with Crippen LogP contribution in [0.1, 0.15) is 31.0 Å². The van der Waals surface area contributed by atoms with Crippen molar-refractivity contribution in [2.24, 2.45) is 0 Å². The Morgan fingerprint density at radius 1 is 1.07 bits per heavy atom. The second-order valence-corrected chi connectivity index (χ2v) is 6.57. The van der Waals surface area contributed by atoms with E-state index in [-0.39, 0.29) is 18.7 Å². The van der Waals surface area contributed by atoms with Crippen LogP contribution in [-0.4, -0.2) is 31.2 Å². The van der Waals surface area contributed by atoms with Crippen molar-refractivity contribution in [3.05, 3.63) is 83.1 Å². The lowest BCUT2D eigenvalue weighted by Crippen LogP contribution is -2.51. The number of rotatable bonds is 7. The summed E-state index contributed by atoms with van der Waals surface area (Å²) in [6, 6.07) is 19.3. The summed E-state index contributed by atoms with van der Waals surface area (Å²) in [5.41, 5.74) is 3.17. The molecule has 28 heavy (non-hydrogen) atoms. The summed E-state index contributed by atoms with van der Waals surface area (Å²) in [4.78, 5) is 24.4. The topological polar surface area (TPSA) is 79.5 Å². The summed E-state index contributed by atoms with van der Waals surface area (Å²) < 4.78 is 5.18. The van der Waals surface area contributed by atoms with E-state index in [1.54, 1.807) is 13.8 Å². The molecular formula is C22H25N3O3. The molecule has 2 aromatic carbocycles. The predicted octanol–water partition coefficient (Wildman–Crippen LogP) is 2.88. The van der Waals surface area contributed by atoms with Crippen molar-refractivity contribution in [2.75, 3.05) is 13.2 Å². The number of hydrogen-bond donors (Lipinski definition) is 3. The first kappa shape index (κ1) is 19.6. The van der Waals surface area contributed by atoms with E-state index in [4.69, 9.17) is 4.74 Å². The maximum Gasteiger partial charge on any atom is 0.337 e. The minimum Gasteiger partial charge on any atom is -0.463 e. The zero-order chi connectivity index (χ0) is 19.9. The fourth-order valence-electron chi connectivity index (χ4n) is 3.34. The molecule has 2 amide bonds. The van der Waals surface area contributed by atoms with Crippen LogP contribution in [0, 0.1) is 0 Å². The van der Waals surface area contributed by atoms with Gasteiger partial charge in [0.25, 0.3) is 0 Å². The molecule has 1 atom stereocenters. The van der Waals surface area contributed by atoms with Gasteiger partial charge in [-0.3, -0.25) is 0 Å². The number of ether oxygens (including phenoxy) is 1. The molecule has 0 aliphatic carbocycles. The number of esters is 1. The molecule has 0 fully saturated rings. The Labute approximate surface area is 165 Å². The molecule has 6 nitrogen and oxygen atoms in total. The normalized spacial score (nSPS) is 16.5. The van der Waals surface area contributed by atoms with Gasteiger partial charge in [-0.25, -0.2) is 9.59 Å². The van der Waals surface area contributed by atoms with Crippen molar-refractivity contribution < 1.29 is 14.3 Å². The average molecular weight is 379 g/mol. The molecule has 3 rings (SSSR count). The van der Waals surface area contributed by atoms with Crippen molar-refractivity contribution in [2.45, 2.75) is 25.9 Å².